The zero-order valence-corrected chi connectivity index (χ0v) is 8.57. The molecule has 5 nitrogen and oxygen atoms in total. The van der Waals surface area contributed by atoms with E-state index in [0.29, 0.717) is 17.9 Å². The maximum atomic E-state index is 10.8. The molecule has 0 aliphatic heterocycles. The average molecular weight is 198 g/mol. The van der Waals surface area contributed by atoms with Gasteiger partial charge in [0.25, 0.3) is 0 Å². The molecule has 78 valence electrons. The first kappa shape index (κ1) is 10.6. The fourth-order valence-electron chi connectivity index (χ4n) is 1.45. The lowest BCUT2D eigenvalue weighted by molar-refractivity contribution is 0.0688. The van der Waals surface area contributed by atoms with Crippen LogP contribution in [0.5, 0.6) is 5.88 Å². The van der Waals surface area contributed by atoms with E-state index < -0.39 is 5.97 Å². The number of ether oxygens (including phenoxy) is 1. The van der Waals surface area contributed by atoms with Gasteiger partial charge in [0.15, 0.2) is 5.69 Å². The Morgan fingerprint density at radius 1 is 1.64 bits per heavy atom. The highest BCUT2D eigenvalue weighted by atomic mass is 16.5. The maximum Gasteiger partial charge on any atom is 0.356 e. The molecule has 1 N–H and O–H groups in total. The number of nitrogens with zero attached hydrogens (tertiary/aromatic N) is 2. The standard InChI is InChI=1S/C9H14N2O3/c1-4-5-6-7(9(12)13)10-11(2)8(6)14-3/h4-5H2,1-3H3,(H,12,13). The van der Waals surface area contributed by atoms with E-state index in [0.717, 1.165) is 6.42 Å². The number of aromatic carboxylic acids is 1. The third-order valence-electron chi connectivity index (χ3n) is 1.98. The second-order valence-corrected chi connectivity index (χ2v) is 3.02. The molecule has 0 radical (unpaired) electrons. The van der Waals surface area contributed by atoms with Crippen LogP contribution in [-0.4, -0.2) is 28.0 Å². The van der Waals surface area contributed by atoms with Crippen LogP contribution in [0, 0.1) is 0 Å². The van der Waals surface area contributed by atoms with Crippen LogP contribution in [0.1, 0.15) is 29.4 Å². The first-order valence-corrected chi connectivity index (χ1v) is 4.45. The van der Waals surface area contributed by atoms with Crippen LogP contribution in [-0.2, 0) is 13.5 Å². The van der Waals surface area contributed by atoms with Gasteiger partial charge in [-0.3, -0.25) is 0 Å². The molecule has 14 heavy (non-hydrogen) atoms. The summed E-state index contributed by atoms with van der Waals surface area (Å²) in [6.45, 7) is 1.98. The van der Waals surface area contributed by atoms with Crippen molar-refractivity contribution in [2.75, 3.05) is 7.11 Å². The Bertz CT molecular complexity index is 344. The number of rotatable bonds is 4. The van der Waals surface area contributed by atoms with Crippen molar-refractivity contribution in [3.8, 4) is 5.88 Å². The second-order valence-electron chi connectivity index (χ2n) is 3.02. The minimum absolute atomic E-state index is 0.0891. The molecular formula is C9H14N2O3. The molecule has 0 amide bonds. The highest BCUT2D eigenvalue weighted by Gasteiger charge is 2.20. The van der Waals surface area contributed by atoms with Crippen molar-refractivity contribution < 1.29 is 14.6 Å². The summed E-state index contributed by atoms with van der Waals surface area (Å²) in [6, 6.07) is 0. The molecule has 0 aliphatic carbocycles. The highest BCUT2D eigenvalue weighted by molar-refractivity contribution is 5.87. The van der Waals surface area contributed by atoms with Crippen LogP contribution in [0.25, 0.3) is 0 Å². The first-order valence-electron chi connectivity index (χ1n) is 4.45. The minimum atomic E-state index is -1.01. The largest absolute Gasteiger partial charge is 0.481 e. The number of aromatic nitrogens is 2. The van der Waals surface area contributed by atoms with Gasteiger partial charge < -0.3 is 9.84 Å². The Labute approximate surface area is 82.3 Å². The molecular weight excluding hydrogens is 184 g/mol. The van der Waals surface area contributed by atoms with Crippen LogP contribution in [0.2, 0.25) is 0 Å². The van der Waals surface area contributed by atoms with E-state index in [1.165, 1.54) is 11.8 Å². The number of carboxylic acid groups (broad SMARTS) is 1. The summed E-state index contributed by atoms with van der Waals surface area (Å²) < 4.78 is 6.55. The molecule has 1 heterocycles. The highest BCUT2D eigenvalue weighted by Crippen LogP contribution is 2.22. The fourth-order valence-corrected chi connectivity index (χ4v) is 1.45. The number of methoxy groups -OCH3 is 1. The molecule has 0 aromatic carbocycles. The van der Waals surface area contributed by atoms with Gasteiger partial charge in [0.2, 0.25) is 5.88 Å². The van der Waals surface area contributed by atoms with E-state index in [-0.39, 0.29) is 5.69 Å². The summed E-state index contributed by atoms with van der Waals surface area (Å²) in [4.78, 5) is 10.8. The van der Waals surface area contributed by atoms with Gasteiger partial charge in [0.1, 0.15) is 0 Å². The van der Waals surface area contributed by atoms with Crippen molar-refractivity contribution >= 4 is 5.97 Å². The molecule has 0 spiro atoms. The van der Waals surface area contributed by atoms with Gasteiger partial charge in [-0.1, -0.05) is 13.3 Å². The summed E-state index contributed by atoms with van der Waals surface area (Å²) in [5.41, 5.74) is 0.760. The molecule has 0 fully saturated rings. The molecule has 0 saturated heterocycles. The van der Waals surface area contributed by atoms with Gasteiger partial charge in [-0.05, 0) is 6.42 Å². The number of hydrogen-bond acceptors (Lipinski definition) is 3. The average Bonchev–Trinajstić information content (AvgIpc) is 2.43. The molecule has 0 bridgehead atoms. The summed E-state index contributed by atoms with van der Waals surface area (Å²) in [7, 11) is 3.19. The molecule has 0 unspecified atom stereocenters. The summed E-state index contributed by atoms with van der Waals surface area (Å²) in [6.07, 6.45) is 1.53. The van der Waals surface area contributed by atoms with Crippen LogP contribution in [0.3, 0.4) is 0 Å². The van der Waals surface area contributed by atoms with E-state index in [9.17, 15) is 4.79 Å². The van der Waals surface area contributed by atoms with Crippen molar-refractivity contribution in [3.05, 3.63) is 11.3 Å². The van der Waals surface area contributed by atoms with Crippen LogP contribution < -0.4 is 4.74 Å². The minimum Gasteiger partial charge on any atom is -0.481 e. The summed E-state index contributed by atoms with van der Waals surface area (Å²) in [5.74, 6) is -0.475. The Kier molecular flexibility index (Phi) is 3.11. The lowest BCUT2D eigenvalue weighted by atomic mass is 10.1. The SMILES string of the molecule is CCCc1c(C(=O)O)nn(C)c1OC. The third-order valence-corrected chi connectivity index (χ3v) is 1.98. The number of carbonyl (C=O) groups is 1. The van der Waals surface area contributed by atoms with Crippen molar-refractivity contribution in [1.29, 1.82) is 0 Å². The number of hydrogen-bond donors (Lipinski definition) is 1. The smallest absolute Gasteiger partial charge is 0.356 e. The van der Waals surface area contributed by atoms with Gasteiger partial charge in [0, 0.05) is 12.6 Å². The van der Waals surface area contributed by atoms with Gasteiger partial charge in [-0.25, -0.2) is 9.48 Å². The van der Waals surface area contributed by atoms with E-state index in [1.54, 1.807) is 7.05 Å². The van der Waals surface area contributed by atoms with E-state index in [1.807, 2.05) is 6.92 Å². The second kappa shape index (κ2) is 4.13. The zero-order chi connectivity index (χ0) is 10.7. The van der Waals surface area contributed by atoms with Crippen LogP contribution >= 0.6 is 0 Å². The Morgan fingerprint density at radius 2 is 2.29 bits per heavy atom. The van der Waals surface area contributed by atoms with Crippen molar-refractivity contribution in [1.82, 2.24) is 9.78 Å². The molecule has 0 saturated carbocycles. The van der Waals surface area contributed by atoms with Gasteiger partial charge in [0.05, 0.1) is 7.11 Å². The predicted molar refractivity (Wildman–Crippen MR) is 50.7 cm³/mol. The quantitative estimate of drug-likeness (QED) is 0.786. The monoisotopic (exact) mass is 198 g/mol. The fraction of sp³-hybridized carbons (Fsp3) is 0.556. The van der Waals surface area contributed by atoms with E-state index >= 15 is 0 Å². The Hall–Kier alpha value is -1.52. The zero-order valence-electron chi connectivity index (χ0n) is 8.57. The van der Waals surface area contributed by atoms with Crippen LogP contribution in [0.4, 0.5) is 0 Å². The maximum absolute atomic E-state index is 10.8. The summed E-state index contributed by atoms with van der Waals surface area (Å²) in [5, 5.41) is 12.8. The molecule has 5 heteroatoms. The van der Waals surface area contributed by atoms with Crippen LogP contribution in [0.15, 0.2) is 0 Å². The predicted octanol–water partition coefficient (Wildman–Crippen LogP) is 1.08. The summed E-state index contributed by atoms with van der Waals surface area (Å²) >= 11 is 0. The van der Waals surface area contributed by atoms with Crippen molar-refractivity contribution in [3.63, 3.8) is 0 Å². The van der Waals surface area contributed by atoms with Crippen molar-refractivity contribution in [2.45, 2.75) is 19.8 Å². The number of carboxylic acids is 1. The normalized spacial score (nSPS) is 10.2. The topological polar surface area (TPSA) is 64.3 Å². The first-order chi connectivity index (χ1) is 6.61. The Balaban J connectivity index is 3.22. The Morgan fingerprint density at radius 3 is 2.71 bits per heavy atom. The van der Waals surface area contributed by atoms with Gasteiger partial charge in [-0.15, -0.1) is 0 Å². The van der Waals surface area contributed by atoms with Gasteiger partial charge >= 0.3 is 5.97 Å². The third kappa shape index (κ3) is 1.71. The molecule has 0 aliphatic rings. The molecule has 1 rings (SSSR count). The lowest BCUT2D eigenvalue weighted by Gasteiger charge is -2.02. The lowest BCUT2D eigenvalue weighted by Crippen LogP contribution is -2.02. The molecule has 1 aromatic heterocycles. The van der Waals surface area contributed by atoms with Gasteiger partial charge in [-0.2, -0.15) is 5.10 Å². The number of aryl methyl sites for hydroxylation is 1. The molecule has 1 aromatic rings. The molecule has 0 atom stereocenters. The van der Waals surface area contributed by atoms with E-state index in [4.69, 9.17) is 9.84 Å². The van der Waals surface area contributed by atoms with E-state index in [2.05, 4.69) is 5.10 Å². The van der Waals surface area contributed by atoms with Crippen molar-refractivity contribution in [2.24, 2.45) is 7.05 Å².